The number of carbonyl (C=O) groups is 1. The Morgan fingerprint density at radius 2 is 2.14 bits per heavy atom. The van der Waals surface area contributed by atoms with Gasteiger partial charge in [0.05, 0.1) is 5.92 Å². The maximum atomic E-state index is 11.1. The molecule has 2 nitrogen and oxygen atoms in total. The van der Waals surface area contributed by atoms with Crippen molar-refractivity contribution in [2.45, 2.75) is 52.4 Å². The maximum absolute atomic E-state index is 11.1. The van der Waals surface area contributed by atoms with Crippen LogP contribution in [0.1, 0.15) is 52.4 Å². The second-order valence-electron chi connectivity index (χ2n) is 4.77. The molecule has 0 radical (unpaired) electrons. The number of carboxylic acid groups (broad SMARTS) is 1. The fourth-order valence-electron chi connectivity index (χ4n) is 2.56. The molecule has 14 heavy (non-hydrogen) atoms. The topological polar surface area (TPSA) is 37.3 Å². The van der Waals surface area contributed by atoms with Crippen molar-refractivity contribution in [3.8, 4) is 0 Å². The summed E-state index contributed by atoms with van der Waals surface area (Å²) in [6.45, 7) is 4.34. The van der Waals surface area contributed by atoms with Gasteiger partial charge in [-0.15, -0.1) is 0 Å². The van der Waals surface area contributed by atoms with Crippen LogP contribution in [0.3, 0.4) is 0 Å². The summed E-state index contributed by atoms with van der Waals surface area (Å²) < 4.78 is 0. The molecule has 0 saturated heterocycles. The lowest BCUT2D eigenvalue weighted by atomic mass is 9.73. The van der Waals surface area contributed by atoms with Gasteiger partial charge in [-0.3, -0.25) is 4.79 Å². The van der Waals surface area contributed by atoms with Gasteiger partial charge in [0, 0.05) is 0 Å². The zero-order chi connectivity index (χ0) is 10.6. The Morgan fingerprint density at radius 3 is 2.71 bits per heavy atom. The molecule has 0 spiro atoms. The van der Waals surface area contributed by atoms with Crippen LogP contribution in [0.25, 0.3) is 0 Å². The minimum Gasteiger partial charge on any atom is -0.481 e. The Hall–Kier alpha value is -0.530. The van der Waals surface area contributed by atoms with Crippen molar-refractivity contribution in [1.29, 1.82) is 0 Å². The lowest BCUT2D eigenvalue weighted by Crippen LogP contribution is -2.30. The van der Waals surface area contributed by atoms with E-state index in [9.17, 15) is 4.79 Å². The molecule has 3 atom stereocenters. The van der Waals surface area contributed by atoms with Crippen molar-refractivity contribution in [3.63, 3.8) is 0 Å². The molecule has 1 fully saturated rings. The van der Waals surface area contributed by atoms with Gasteiger partial charge < -0.3 is 5.11 Å². The monoisotopic (exact) mass is 198 g/mol. The molecule has 1 aliphatic rings. The smallest absolute Gasteiger partial charge is 0.306 e. The lowest BCUT2D eigenvalue weighted by molar-refractivity contribution is -0.145. The lowest BCUT2D eigenvalue weighted by Gasteiger charge is -2.32. The predicted molar refractivity (Wildman–Crippen MR) is 57.2 cm³/mol. The zero-order valence-corrected chi connectivity index (χ0v) is 9.33. The molecular formula is C12H22O2. The van der Waals surface area contributed by atoms with E-state index in [4.69, 9.17) is 5.11 Å². The summed E-state index contributed by atoms with van der Waals surface area (Å²) in [4.78, 5) is 11.1. The average molecular weight is 198 g/mol. The van der Waals surface area contributed by atoms with Gasteiger partial charge in [-0.05, 0) is 31.1 Å². The standard InChI is InChI=1S/C12H22O2/c1-3-4-5-10-7-6-9(2)8-11(10)12(13)14/h9-11H,3-8H2,1-2H3,(H,13,14). The maximum Gasteiger partial charge on any atom is 0.306 e. The van der Waals surface area contributed by atoms with E-state index in [0.29, 0.717) is 11.8 Å². The molecule has 1 rings (SSSR count). The second kappa shape index (κ2) is 5.38. The Bertz CT molecular complexity index is 187. The average Bonchev–Trinajstić information content (AvgIpc) is 2.15. The van der Waals surface area contributed by atoms with Crippen LogP contribution in [0.5, 0.6) is 0 Å². The molecule has 1 saturated carbocycles. The third kappa shape index (κ3) is 3.00. The van der Waals surface area contributed by atoms with Gasteiger partial charge in [0.1, 0.15) is 0 Å². The quantitative estimate of drug-likeness (QED) is 0.752. The van der Waals surface area contributed by atoms with E-state index in [0.717, 1.165) is 19.3 Å². The summed E-state index contributed by atoms with van der Waals surface area (Å²) in [6.07, 6.45) is 6.71. The van der Waals surface area contributed by atoms with Crippen molar-refractivity contribution in [1.82, 2.24) is 0 Å². The van der Waals surface area contributed by atoms with E-state index in [2.05, 4.69) is 13.8 Å². The summed E-state index contributed by atoms with van der Waals surface area (Å²) in [5.74, 6) is 0.417. The molecular weight excluding hydrogens is 176 g/mol. The molecule has 3 unspecified atom stereocenters. The predicted octanol–water partition coefficient (Wildman–Crippen LogP) is 3.31. The highest BCUT2D eigenvalue weighted by Crippen LogP contribution is 2.36. The Balaban J connectivity index is 2.49. The number of hydrogen-bond donors (Lipinski definition) is 1. The van der Waals surface area contributed by atoms with Gasteiger partial charge >= 0.3 is 5.97 Å². The summed E-state index contributed by atoms with van der Waals surface area (Å²) in [7, 11) is 0. The summed E-state index contributed by atoms with van der Waals surface area (Å²) >= 11 is 0. The van der Waals surface area contributed by atoms with Gasteiger partial charge in [0.25, 0.3) is 0 Å². The summed E-state index contributed by atoms with van der Waals surface area (Å²) in [5, 5.41) is 9.13. The molecule has 0 heterocycles. The van der Waals surface area contributed by atoms with Gasteiger partial charge in [-0.2, -0.15) is 0 Å². The minimum atomic E-state index is -0.572. The van der Waals surface area contributed by atoms with Gasteiger partial charge in [0.15, 0.2) is 0 Å². The first kappa shape index (κ1) is 11.5. The first-order valence-electron chi connectivity index (χ1n) is 5.88. The van der Waals surface area contributed by atoms with Crippen LogP contribution in [-0.2, 0) is 4.79 Å². The van der Waals surface area contributed by atoms with Crippen LogP contribution in [0.2, 0.25) is 0 Å². The van der Waals surface area contributed by atoms with Crippen molar-refractivity contribution >= 4 is 5.97 Å². The third-order valence-electron chi connectivity index (χ3n) is 3.50. The van der Waals surface area contributed by atoms with Crippen LogP contribution in [0, 0.1) is 17.8 Å². The second-order valence-corrected chi connectivity index (χ2v) is 4.77. The number of rotatable bonds is 4. The molecule has 0 aliphatic heterocycles. The Labute approximate surface area is 86.7 Å². The van der Waals surface area contributed by atoms with Gasteiger partial charge in [0.2, 0.25) is 0 Å². The molecule has 1 aliphatic carbocycles. The number of aliphatic carboxylic acids is 1. The van der Waals surface area contributed by atoms with Crippen LogP contribution in [0.4, 0.5) is 0 Å². The van der Waals surface area contributed by atoms with E-state index in [1.165, 1.54) is 19.3 Å². The van der Waals surface area contributed by atoms with Crippen molar-refractivity contribution in [3.05, 3.63) is 0 Å². The van der Waals surface area contributed by atoms with Crippen molar-refractivity contribution < 1.29 is 9.90 Å². The van der Waals surface area contributed by atoms with Crippen LogP contribution >= 0.6 is 0 Å². The fourth-order valence-corrected chi connectivity index (χ4v) is 2.56. The van der Waals surface area contributed by atoms with E-state index < -0.39 is 5.97 Å². The molecule has 0 aromatic carbocycles. The van der Waals surface area contributed by atoms with E-state index in [1.807, 2.05) is 0 Å². The largest absolute Gasteiger partial charge is 0.481 e. The summed E-state index contributed by atoms with van der Waals surface area (Å²) in [6, 6.07) is 0. The van der Waals surface area contributed by atoms with Gasteiger partial charge in [-0.25, -0.2) is 0 Å². The highest BCUT2D eigenvalue weighted by atomic mass is 16.4. The minimum absolute atomic E-state index is 0.0645. The third-order valence-corrected chi connectivity index (χ3v) is 3.50. The molecule has 82 valence electrons. The van der Waals surface area contributed by atoms with Crippen LogP contribution in [0.15, 0.2) is 0 Å². The molecule has 2 heteroatoms. The van der Waals surface area contributed by atoms with Crippen LogP contribution in [-0.4, -0.2) is 11.1 Å². The first-order valence-corrected chi connectivity index (χ1v) is 5.88. The first-order chi connectivity index (χ1) is 6.65. The fraction of sp³-hybridized carbons (Fsp3) is 0.917. The SMILES string of the molecule is CCCCC1CCC(C)CC1C(=O)O. The molecule has 0 amide bonds. The van der Waals surface area contributed by atoms with E-state index >= 15 is 0 Å². The molecule has 0 bridgehead atoms. The molecule has 1 N–H and O–H groups in total. The number of carboxylic acids is 1. The normalized spacial score (nSPS) is 32.9. The highest BCUT2D eigenvalue weighted by Gasteiger charge is 2.32. The van der Waals surface area contributed by atoms with Crippen molar-refractivity contribution in [2.75, 3.05) is 0 Å². The zero-order valence-electron chi connectivity index (χ0n) is 9.33. The van der Waals surface area contributed by atoms with E-state index in [-0.39, 0.29) is 5.92 Å². The Morgan fingerprint density at radius 1 is 1.43 bits per heavy atom. The number of hydrogen-bond acceptors (Lipinski definition) is 1. The summed E-state index contributed by atoms with van der Waals surface area (Å²) in [5.41, 5.74) is 0. The number of unbranched alkanes of at least 4 members (excludes halogenated alkanes) is 1. The molecule has 0 aromatic rings. The van der Waals surface area contributed by atoms with Crippen LogP contribution < -0.4 is 0 Å². The Kier molecular flexibility index (Phi) is 4.43. The van der Waals surface area contributed by atoms with Gasteiger partial charge in [-0.1, -0.05) is 33.1 Å². The highest BCUT2D eigenvalue weighted by molar-refractivity contribution is 5.70. The van der Waals surface area contributed by atoms with E-state index in [1.54, 1.807) is 0 Å². The molecule has 0 aromatic heterocycles. The van der Waals surface area contributed by atoms with Crippen molar-refractivity contribution in [2.24, 2.45) is 17.8 Å².